The molecule has 2 aromatic heterocycles. The van der Waals surface area contributed by atoms with Gasteiger partial charge < -0.3 is 0 Å². The molecule has 0 saturated heterocycles. The van der Waals surface area contributed by atoms with Gasteiger partial charge in [0.05, 0.1) is 26.2 Å². The summed E-state index contributed by atoms with van der Waals surface area (Å²) in [5.41, 5.74) is 3.65. The molecule has 21 heavy (non-hydrogen) atoms. The average molecular weight is 339 g/mol. The van der Waals surface area contributed by atoms with Gasteiger partial charge in [-0.3, -0.25) is 15.5 Å². The lowest BCUT2D eigenvalue weighted by Crippen LogP contribution is -1.87. The number of thiophene rings is 1. The third-order valence-electron chi connectivity index (χ3n) is 2.50. The highest BCUT2D eigenvalue weighted by Gasteiger charge is 2.08. The van der Waals surface area contributed by atoms with Gasteiger partial charge in [0.1, 0.15) is 0 Å². The van der Waals surface area contributed by atoms with Crippen molar-refractivity contribution in [2.75, 3.05) is 5.43 Å². The van der Waals surface area contributed by atoms with E-state index in [9.17, 15) is 10.1 Å². The van der Waals surface area contributed by atoms with Gasteiger partial charge in [-0.2, -0.15) is 5.10 Å². The number of nitrogens with zero attached hydrogens (tertiary/aromatic N) is 3. The highest BCUT2D eigenvalue weighted by atomic mass is 35.5. The van der Waals surface area contributed by atoms with E-state index in [0.29, 0.717) is 15.0 Å². The smallest absolute Gasteiger partial charge is 0.258 e. The first-order valence-electron chi connectivity index (χ1n) is 5.71. The molecule has 0 aliphatic heterocycles. The normalized spacial score (nSPS) is 11.3. The van der Waals surface area contributed by atoms with Gasteiger partial charge in [0.2, 0.25) is 5.13 Å². The van der Waals surface area contributed by atoms with E-state index >= 15 is 0 Å². The van der Waals surface area contributed by atoms with Gasteiger partial charge in [-0.1, -0.05) is 34.3 Å². The number of aromatic nitrogens is 1. The molecule has 2 heterocycles. The molecular weight excluding hydrogens is 332 g/mol. The number of hydrogen-bond donors (Lipinski definition) is 1. The van der Waals surface area contributed by atoms with Gasteiger partial charge in [-0.05, 0) is 24.3 Å². The van der Waals surface area contributed by atoms with Crippen LogP contribution < -0.4 is 5.43 Å². The van der Waals surface area contributed by atoms with Crippen LogP contribution in [0.15, 0.2) is 35.4 Å². The third kappa shape index (κ3) is 3.18. The maximum Gasteiger partial charge on any atom is 0.324 e. The Morgan fingerprint density at radius 2 is 2.19 bits per heavy atom. The zero-order chi connectivity index (χ0) is 14.8. The maximum atomic E-state index is 10.6. The Kier molecular flexibility index (Phi) is 3.82. The fourth-order valence-electron chi connectivity index (χ4n) is 1.61. The Bertz CT molecular complexity index is 843. The van der Waals surface area contributed by atoms with Gasteiger partial charge in [0.25, 0.3) is 0 Å². The molecule has 106 valence electrons. The topological polar surface area (TPSA) is 80.4 Å². The number of thiazole rings is 1. The second-order valence-corrected chi connectivity index (χ2v) is 6.50. The SMILES string of the molecule is O=[N+]([O-])c1ccc(C=NNc2nc3ccc(Cl)cc3s2)s1. The van der Waals surface area contributed by atoms with E-state index in [2.05, 4.69) is 15.5 Å². The van der Waals surface area contributed by atoms with Crippen LogP contribution in [0.25, 0.3) is 10.2 Å². The lowest BCUT2D eigenvalue weighted by Gasteiger charge is -1.90. The van der Waals surface area contributed by atoms with Crippen LogP contribution in [0.4, 0.5) is 10.1 Å². The van der Waals surface area contributed by atoms with Crippen LogP contribution in [0.1, 0.15) is 4.88 Å². The van der Waals surface area contributed by atoms with Crippen LogP contribution >= 0.6 is 34.3 Å². The minimum absolute atomic E-state index is 0.0890. The van der Waals surface area contributed by atoms with Crippen molar-refractivity contribution in [3.63, 3.8) is 0 Å². The molecular formula is C12H7ClN4O2S2. The molecule has 0 bridgehead atoms. The predicted octanol–water partition coefficient (Wildman–Crippen LogP) is 4.37. The highest BCUT2D eigenvalue weighted by Crippen LogP contribution is 2.28. The average Bonchev–Trinajstić information content (AvgIpc) is 3.04. The second kappa shape index (κ2) is 5.76. The van der Waals surface area contributed by atoms with Gasteiger partial charge in [-0.25, -0.2) is 4.98 Å². The molecule has 0 unspecified atom stereocenters. The summed E-state index contributed by atoms with van der Waals surface area (Å²) in [7, 11) is 0. The Labute approximate surface area is 131 Å². The monoisotopic (exact) mass is 338 g/mol. The Morgan fingerprint density at radius 1 is 1.33 bits per heavy atom. The lowest BCUT2D eigenvalue weighted by atomic mass is 10.3. The molecule has 1 N–H and O–H groups in total. The molecule has 1 aromatic carbocycles. The van der Waals surface area contributed by atoms with Gasteiger partial charge in [0.15, 0.2) is 0 Å². The fraction of sp³-hybridized carbons (Fsp3) is 0. The number of nitrogens with one attached hydrogen (secondary N) is 1. The van der Waals surface area contributed by atoms with Crippen LogP contribution in [-0.4, -0.2) is 16.1 Å². The van der Waals surface area contributed by atoms with Crippen molar-refractivity contribution in [3.05, 3.63) is 50.3 Å². The molecule has 6 nitrogen and oxygen atoms in total. The zero-order valence-corrected chi connectivity index (χ0v) is 12.7. The molecule has 0 amide bonds. The molecule has 0 spiro atoms. The van der Waals surface area contributed by atoms with E-state index in [1.807, 2.05) is 12.1 Å². The summed E-state index contributed by atoms with van der Waals surface area (Å²) in [6, 6.07) is 8.55. The van der Waals surface area contributed by atoms with Crippen molar-refractivity contribution in [2.24, 2.45) is 5.10 Å². The molecule has 0 radical (unpaired) electrons. The van der Waals surface area contributed by atoms with E-state index in [0.717, 1.165) is 21.6 Å². The summed E-state index contributed by atoms with van der Waals surface area (Å²) in [6.07, 6.45) is 1.52. The molecule has 0 aliphatic carbocycles. The Balaban J connectivity index is 1.73. The number of halogens is 1. The molecule has 9 heteroatoms. The maximum absolute atomic E-state index is 10.6. The summed E-state index contributed by atoms with van der Waals surface area (Å²) in [5, 5.41) is 16.0. The summed E-state index contributed by atoms with van der Waals surface area (Å²) in [5.74, 6) is 0. The fourth-order valence-corrected chi connectivity index (χ4v) is 3.39. The molecule has 0 fully saturated rings. The molecule has 0 saturated carbocycles. The van der Waals surface area contributed by atoms with E-state index in [1.54, 1.807) is 12.1 Å². The number of nitro groups is 1. The van der Waals surface area contributed by atoms with E-state index < -0.39 is 4.92 Å². The summed E-state index contributed by atoms with van der Waals surface area (Å²) >= 11 is 8.41. The summed E-state index contributed by atoms with van der Waals surface area (Å²) < 4.78 is 0.965. The summed E-state index contributed by atoms with van der Waals surface area (Å²) in [4.78, 5) is 15.2. The van der Waals surface area contributed by atoms with Gasteiger partial charge in [-0.15, -0.1) is 0 Å². The molecule has 0 aliphatic rings. The first kappa shape index (κ1) is 13.9. The molecule has 3 aromatic rings. The van der Waals surface area contributed by atoms with Crippen LogP contribution in [0.3, 0.4) is 0 Å². The second-order valence-electron chi connectivity index (χ2n) is 3.93. The highest BCUT2D eigenvalue weighted by molar-refractivity contribution is 7.22. The summed E-state index contributed by atoms with van der Waals surface area (Å²) in [6.45, 7) is 0. The Morgan fingerprint density at radius 3 is 2.95 bits per heavy atom. The number of anilines is 1. The predicted molar refractivity (Wildman–Crippen MR) is 86.8 cm³/mol. The van der Waals surface area contributed by atoms with Crippen molar-refractivity contribution in [2.45, 2.75) is 0 Å². The van der Waals surface area contributed by atoms with E-state index in [1.165, 1.54) is 23.6 Å². The number of rotatable bonds is 4. The zero-order valence-electron chi connectivity index (χ0n) is 10.3. The molecule has 3 rings (SSSR count). The van der Waals surface area contributed by atoms with Crippen LogP contribution in [-0.2, 0) is 0 Å². The number of hydrogen-bond acceptors (Lipinski definition) is 7. The van der Waals surface area contributed by atoms with Crippen molar-refractivity contribution >= 4 is 60.8 Å². The third-order valence-corrected chi connectivity index (χ3v) is 4.62. The van der Waals surface area contributed by atoms with Crippen LogP contribution in [0, 0.1) is 10.1 Å². The van der Waals surface area contributed by atoms with E-state index in [4.69, 9.17) is 11.6 Å². The van der Waals surface area contributed by atoms with Gasteiger partial charge in [0, 0.05) is 11.1 Å². The van der Waals surface area contributed by atoms with Crippen molar-refractivity contribution < 1.29 is 4.92 Å². The van der Waals surface area contributed by atoms with Crippen LogP contribution in [0.5, 0.6) is 0 Å². The lowest BCUT2D eigenvalue weighted by molar-refractivity contribution is -0.380. The first-order chi connectivity index (χ1) is 10.1. The van der Waals surface area contributed by atoms with Crippen molar-refractivity contribution in [1.82, 2.24) is 4.98 Å². The molecule has 0 atom stereocenters. The number of hydrazone groups is 1. The number of benzene rings is 1. The number of fused-ring (bicyclic) bond motifs is 1. The van der Waals surface area contributed by atoms with Crippen molar-refractivity contribution in [1.29, 1.82) is 0 Å². The first-order valence-corrected chi connectivity index (χ1v) is 7.72. The quantitative estimate of drug-likeness (QED) is 0.435. The van der Waals surface area contributed by atoms with Crippen LogP contribution in [0.2, 0.25) is 5.02 Å². The minimum atomic E-state index is -0.424. The minimum Gasteiger partial charge on any atom is -0.258 e. The van der Waals surface area contributed by atoms with Gasteiger partial charge >= 0.3 is 5.00 Å². The standard InChI is InChI=1S/C12H7ClN4O2S2/c13-7-1-3-9-10(5-7)21-12(15-9)16-14-6-8-2-4-11(20-8)17(18)19/h1-6H,(H,15,16). The Hall–Kier alpha value is -2.03. The largest absolute Gasteiger partial charge is 0.324 e. The van der Waals surface area contributed by atoms with Crippen molar-refractivity contribution in [3.8, 4) is 0 Å². The van der Waals surface area contributed by atoms with E-state index in [-0.39, 0.29) is 5.00 Å².